The van der Waals surface area contributed by atoms with Gasteiger partial charge in [-0.05, 0) is 86.3 Å². The number of rotatable bonds is 9. The molecule has 0 spiro atoms. The number of halogens is 3. The van der Waals surface area contributed by atoms with E-state index in [0.717, 1.165) is 30.8 Å². The monoisotopic (exact) mass is 555 g/mol. The molecule has 0 saturated carbocycles. The van der Waals surface area contributed by atoms with Crippen molar-refractivity contribution in [3.63, 3.8) is 0 Å². The highest BCUT2D eigenvalue weighted by Gasteiger charge is 2.27. The highest BCUT2D eigenvalue weighted by Crippen LogP contribution is 2.45. The molecule has 1 fully saturated rings. The van der Waals surface area contributed by atoms with Crippen LogP contribution >= 0.6 is 11.3 Å². The summed E-state index contributed by atoms with van der Waals surface area (Å²) in [6.07, 6.45) is 1.39. The van der Waals surface area contributed by atoms with Gasteiger partial charge in [0.05, 0.1) is 11.4 Å². The molecule has 0 radical (unpaired) electrons. The largest absolute Gasteiger partial charge is 0.505 e. The van der Waals surface area contributed by atoms with E-state index >= 15 is 0 Å². The number of fused-ring (bicyclic) bond motifs is 1. The summed E-state index contributed by atoms with van der Waals surface area (Å²) in [6, 6.07) is 12.2. The molecule has 3 aromatic carbocycles. The lowest BCUT2D eigenvalue weighted by Crippen LogP contribution is -2.26. The van der Waals surface area contributed by atoms with Crippen molar-refractivity contribution in [3.8, 4) is 23.0 Å². The van der Waals surface area contributed by atoms with Crippen LogP contribution in [0, 0.1) is 25.5 Å². The molecule has 39 heavy (non-hydrogen) atoms. The Morgan fingerprint density at radius 1 is 1.08 bits per heavy atom. The summed E-state index contributed by atoms with van der Waals surface area (Å²) in [6.45, 7) is 5.29. The number of phenols is 1. The SMILES string of the molecule is Cc1cc(F)cc(C)c1C(=O)c1sc2c(F)c(O)ccc2c1Oc1ccc(O[C@H]2CCN(CCCF)C2)cc1. The number of benzene rings is 3. The number of carbonyl (C=O) groups is 1. The van der Waals surface area contributed by atoms with Crippen molar-refractivity contribution >= 4 is 27.2 Å². The van der Waals surface area contributed by atoms with Gasteiger partial charge in [0.15, 0.2) is 17.3 Å². The summed E-state index contributed by atoms with van der Waals surface area (Å²) >= 11 is 0.883. The van der Waals surface area contributed by atoms with Gasteiger partial charge in [-0.3, -0.25) is 14.1 Å². The van der Waals surface area contributed by atoms with Crippen molar-refractivity contribution in [2.75, 3.05) is 26.3 Å². The first-order valence-electron chi connectivity index (χ1n) is 12.7. The third-order valence-corrected chi connectivity index (χ3v) is 8.02. The maximum Gasteiger partial charge on any atom is 0.207 e. The van der Waals surface area contributed by atoms with Gasteiger partial charge in [0, 0.05) is 30.6 Å². The lowest BCUT2D eigenvalue weighted by atomic mass is 9.97. The average Bonchev–Trinajstić information content (AvgIpc) is 3.50. The van der Waals surface area contributed by atoms with Crippen molar-refractivity contribution in [1.82, 2.24) is 4.90 Å². The lowest BCUT2D eigenvalue weighted by molar-refractivity contribution is 0.103. The third-order valence-electron chi connectivity index (χ3n) is 6.85. The second-order valence-corrected chi connectivity index (χ2v) is 10.7. The van der Waals surface area contributed by atoms with Crippen molar-refractivity contribution in [2.24, 2.45) is 0 Å². The average molecular weight is 556 g/mol. The van der Waals surface area contributed by atoms with Crippen molar-refractivity contribution < 1.29 is 32.5 Å². The number of phenolic OH excluding ortho intramolecular Hbond substituents is 1. The van der Waals surface area contributed by atoms with Crippen LogP contribution in [0.5, 0.6) is 23.0 Å². The smallest absolute Gasteiger partial charge is 0.207 e. The molecule has 0 amide bonds. The molecule has 1 aliphatic rings. The summed E-state index contributed by atoms with van der Waals surface area (Å²) in [5.41, 5.74) is 1.24. The molecule has 4 aromatic rings. The predicted octanol–water partition coefficient (Wildman–Crippen LogP) is 7.34. The number of nitrogens with zero attached hydrogens (tertiary/aromatic N) is 1. The van der Waals surface area contributed by atoms with E-state index in [9.17, 15) is 23.1 Å². The zero-order valence-electron chi connectivity index (χ0n) is 21.6. The Morgan fingerprint density at radius 3 is 2.46 bits per heavy atom. The van der Waals surface area contributed by atoms with Crippen molar-refractivity contribution in [3.05, 3.63) is 81.7 Å². The zero-order chi connectivity index (χ0) is 27.7. The summed E-state index contributed by atoms with van der Waals surface area (Å²) in [5, 5.41) is 10.3. The van der Waals surface area contributed by atoms with Crippen molar-refractivity contribution in [2.45, 2.75) is 32.8 Å². The number of ketones is 1. The second-order valence-electron chi connectivity index (χ2n) is 9.72. The lowest BCUT2D eigenvalue weighted by Gasteiger charge is -2.16. The number of ether oxygens (including phenoxy) is 2. The summed E-state index contributed by atoms with van der Waals surface area (Å²) in [4.78, 5) is 16.0. The Balaban J connectivity index is 1.43. The van der Waals surface area contributed by atoms with Crippen LogP contribution in [0.15, 0.2) is 48.5 Å². The molecule has 1 saturated heterocycles. The van der Waals surface area contributed by atoms with Crippen LogP contribution in [-0.2, 0) is 0 Å². The molecule has 5 nitrogen and oxygen atoms in total. The molecule has 5 rings (SSSR count). The van der Waals surface area contributed by atoms with Crippen LogP contribution in [0.3, 0.4) is 0 Å². The minimum Gasteiger partial charge on any atom is -0.505 e. The van der Waals surface area contributed by atoms with Crippen molar-refractivity contribution in [1.29, 1.82) is 0 Å². The molecule has 204 valence electrons. The van der Waals surface area contributed by atoms with Crippen LogP contribution in [0.1, 0.15) is 39.2 Å². The fourth-order valence-electron chi connectivity index (χ4n) is 5.00. The molecule has 0 bridgehead atoms. The quantitative estimate of drug-likeness (QED) is 0.219. The maximum absolute atomic E-state index is 14.9. The van der Waals surface area contributed by atoms with Gasteiger partial charge in [-0.1, -0.05) is 0 Å². The van der Waals surface area contributed by atoms with Crippen LogP contribution < -0.4 is 9.47 Å². The molecule has 0 aliphatic carbocycles. The number of likely N-dealkylation sites (tertiary alicyclic amines) is 1. The number of carbonyl (C=O) groups excluding carboxylic acids is 1. The van der Waals surface area contributed by atoms with Gasteiger partial charge in [0.1, 0.15) is 28.3 Å². The Hall–Kier alpha value is -3.56. The molecule has 2 heterocycles. The van der Waals surface area contributed by atoms with Gasteiger partial charge in [-0.15, -0.1) is 11.3 Å². The van der Waals surface area contributed by atoms with Crippen LogP contribution in [0.2, 0.25) is 0 Å². The fourth-order valence-corrected chi connectivity index (χ4v) is 6.11. The topological polar surface area (TPSA) is 59.0 Å². The Bertz CT molecular complexity index is 1500. The third kappa shape index (κ3) is 5.60. The van der Waals surface area contributed by atoms with Gasteiger partial charge in [-0.25, -0.2) is 8.78 Å². The van der Waals surface area contributed by atoms with Gasteiger partial charge >= 0.3 is 0 Å². The number of hydrogen-bond donors (Lipinski definition) is 1. The molecule has 1 N–H and O–H groups in total. The minimum atomic E-state index is -0.838. The Kier molecular flexibility index (Phi) is 7.81. The first kappa shape index (κ1) is 27.0. The number of aryl methyl sites for hydroxylation is 2. The Morgan fingerprint density at radius 2 is 1.77 bits per heavy atom. The van der Waals surface area contributed by atoms with Crippen LogP contribution in [-0.4, -0.2) is 48.2 Å². The molecular formula is C30H28F3NO4S. The van der Waals surface area contributed by atoms with E-state index in [4.69, 9.17) is 9.47 Å². The predicted molar refractivity (Wildman–Crippen MR) is 145 cm³/mol. The Labute approximate surface area is 228 Å². The number of alkyl halides is 1. The van der Waals surface area contributed by atoms with Gasteiger partial charge in [0.25, 0.3) is 0 Å². The highest BCUT2D eigenvalue weighted by molar-refractivity contribution is 7.21. The first-order chi connectivity index (χ1) is 18.7. The molecule has 1 aliphatic heterocycles. The minimum absolute atomic E-state index is 0.0132. The van der Waals surface area contributed by atoms with E-state index in [-0.39, 0.29) is 28.1 Å². The zero-order valence-corrected chi connectivity index (χ0v) is 22.4. The fraction of sp³-hybridized carbons (Fsp3) is 0.300. The summed E-state index contributed by atoms with van der Waals surface area (Å²) < 4.78 is 53.5. The van der Waals surface area contributed by atoms with E-state index in [1.165, 1.54) is 24.3 Å². The molecular weight excluding hydrogens is 527 g/mol. The maximum atomic E-state index is 14.9. The molecule has 0 unspecified atom stereocenters. The number of hydrogen-bond acceptors (Lipinski definition) is 6. The first-order valence-corrected chi connectivity index (χ1v) is 13.5. The molecule has 1 atom stereocenters. The van der Waals surface area contributed by atoms with E-state index < -0.39 is 23.2 Å². The number of thiophene rings is 1. The second kappa shape index (κ2) is 11.3. The van der Waals surface area contributed by atoms with Gasteiger partial charge in [-0.2, -0.15) is 0 Å². The molecule has 9 heteroatoms. The van der Waals surface area contributed by atoms with Gasteiger partial charge in [0.2, 0.25) is 5.78 Å². The van der Waals surface area contributed by atoms with E-state index in [0.29, 0.717) is 46.5 Å². The normalized spacial score (nSPS) is 15.7. The van der Waals surface area contributed by atoms with Crippen LogP contribution in [0.25, 0.3) is 10.1 Å². The highest BCUT2D eigenvalue weighted by atomic mass is 32.1. The summed E-state index contributed by atoms with van der Waals surface area (Å²) in [7, 11) is 0. The van der Waals surface area contributed by atoms with E-state index in [1.54, 1.807) is 38.1 Å². The van der Waals surface area contributed by atoms with Gasteiger partial charge < -0.3 is 14.6 Å². The van der Waals surface area contributed by atoms with E-state index in [1.807, 2.05) is 0 Å². The molecule has 1 aromatic heterocycles. The van der Waals surface area contributed by atoms with Crippen LogP contribution in [0.4, 0.5) is 13.2 Å². The van der Waals surface area contributed by atoms with E-state index in [2.05, 4.69) is 4.90 Å². The number of aromatic hydroxyl groups is 1. The standard InChI is InChI=1S/C30H28F3NO4S/c1-17-14-19(32)15-18(2)25(17)27(36)30-28(23-8-9-24(35)26(33)29(23)39-30)38-21-6-4-20(5-7-21)37-22-10-13-34(16-22)12-3-11-31/h4-9,14-15,22,35H,3,10-13,16H2,1-2H3/t22-/m0/s1. The summed E-state index contributed by atoms with van der Waals surface area (Å²) in [5.74, 6) is -1.01.